The molecule has 1 saturated carbocycles. The number of ether oxygens (including phenoxy) is 1. The van der Waals surface area contributed by atoms with Gasteiger partial charge < -0.3 is 10.1 Å². The van der Waals surface area contributed by atoms with Crippen LogP contribution in [-0.2, 0) is 4.74 Å². The second-order valence-electron chi connectivity index (χ2n) is 3.33. The highest BCUT2D eigenvalue weighted by Crippen LogP contribution is 2.22. The van der Waals surface area contributed by atoms with Crippen LogP contribution < -0.4 is 5.32 Å². The van der Waals surface area contributed by atoms with Crippen molar-refractivity contribution < 1.29 is 4.74 Å². The number of thioether (sulfide) groups is 1. The Morgan fingerprint density at radius 2 is 2.25 bits per heavy atom. The van der Waals surface area contributed by atoms with E-state index in [4.69, 9.17) is 4.74 Å². The van der Waals surface area contributed by atoms with Crippen molar-refractivity contribution in [3.8, 4) is 0 Å². The maximum absolute atomic E-state index is 5.20. The van der Waals surface area contributed by atoms with E-state index in [1.807, 2.05) is 11.8 Å². The molecule has 0 bridgehead atoms. The van der Waals surface area contributed by atoms with Gasteiger partial charge in [0.05, 0.1) is 6.10 Å². The van der Waals surface area contributed by atoms with E-state index in [9.17, 15) is 0 Å². The largest absolute Gasteiger partial charge is 0.381 e. The molecule has 1 aliphatic rings. The van der Waals surface area contributed by atoms with Crippen LogP contribution in [0.5, 0.6) is 0 Å². The quantitative estimate of drug-likeness (QED) is 0.640. The summed E-state index contributed by atoms with van der Waals surface area (Å²) in [5.74, 6) is 1.27. The highest BCUT2D eigenvalue weighted by atomic mass is 32.2. The Morgan fingerprint density at radius 3 is 2.83 bits per heavy atom. The van der Waals surface area contributed by atoms with Gasteiger partial charge in [-0.25, -0.2) is 0 Å². The molecule has 2 nitrogen and oxygen atoms in total. The Kier molecular flexibility index (Phi) is 5.04. The lowest BCUT2D eigenvalue weighted by molar-refractivity contribution is 0.0176. The fraction of sp³-hybridized carbons (Fsp3) is 1.00. The topological polar surface area (TPSA) is 21.3 Å². The second kappa shape index (κ2) is 5.84. The molecule has 1 rings (SSSR count). The highest BCUT2D eigenvalue weighted by molar-refractivity contribution is 7.98. The Hall–Kier alpha value is 0.270. The van der Waals surface area contributed by atoms with Crippen molar-refractivity contribution >= 4 is 11.8 Å². The summed E-state index contributed by atoms with van der Waals surface area (Å²) in [6.07, 6.45) is 6.38. The number of hydrogen-bond donors (Lipinski definition) is 1. The first-order valence-electron chi connectivity index (χ1n) is 4.62. The van der Waals surface area contributed by atoms with E-state index >= 15 is 0 Å². The summed E-state index contributed by atoms with van der Waals surface area (Å²) in [6.45, 7) is 1.17. The molecule has 0 spiro atoms. The molecule has 1 N–H and O–H groups in total. The first-order chi connectivity index (χ1) is 5.86. The minimum absolute atomic E-state index is 0.531. The first-order valence-corrected chi connectivity index (χ1v) is 6.01. The summed E-state index contributed by atoms with van der Waals surface area (Å²) in [6, 6.07) is 0.733. The number of hydrogen-bond acceptors (Lipinski definition) is 3. The molecule has 0 amide bonds. The second-order valence-corrected chi connectivity index (χ2v) is 4.31. The summed E-state index contributed by atoms with van der Waals surface area (Å²) < 4.78 is 5.20. The molecule has 1 fully saturated rings. The summed E-state index contributed by atoms with van der Waals surface area (Å²) in [4.78, 5) is 0. The van der Waals surface area contributed by atoms with Crippen LogP contribution in [0.4, 0.5) is 0 Å². The molecule has 0 aromatic rings. The molecule has 0 atom stereocenters. The lowest BCUT2D eigenvalue weighted by Gasteiger charge is -2.34. The molecular formula is C9H19NOS. The monoisotopic (exact) mass is 189 g/mol. The van der Waals surface area contributed by atoms with E-state index in [1.165, 1.54) is 31.6 Å². The zero-order valence-electron chi connectivity index (χ0n) is 8.01. The zero-order valence-corrected chi connectivity index (χ0v) is 8.82. The predicted molar refractivity (Wildman–Crippen MR) is 54.8 cm³/mol. The van der Waals surface area contributed by atoms with Gasteiger partial charge in [0.2, 0.25) is 0 Å². The average molecular weight is 189 g/mol. The molecule has 0 aromatic heterocycles. The number of rotatable bonds is 6. The molecule has 0 radical (unpaired) electrons. The molecule has 12 heavy (non-hydrogen) atoms. The fourth-order valence-corrected chi connectivity index (χ4v) is 1.88. The molecular weight excluding hydrogens is 170 g/mol. The van der Waals surface area contributed by atoms with Gasteiger partial charge in [-0.15, -0.1) is 0 Å². The summed E-state index contributed by atoms with van der Waals surface area (Å²) in [5.41, 5.74) is 0. The minimum Gasteiger partial charge on any atom is -0.381 e. The Balaban J connectivity index is 1.83. The summed E-state index contributed by atoms with van der Waals surface area (Å²) >= 11 is 1.92. The van der Waals surface area contributed by atoms with Crippen LogP contribution in [0.25, 0.3) is 0 Å². The maximum Gasteiger partial charge on any atom is 0.0601 e. The van der Waals surface area contributed by atoms with Crippen LogP contribution in [0.3, 0.4) is 0 Å². The van der Waals surface area contributed by atoms with Gasteiger partial charge >= 0.3 is 0 Å². The van der Waals surface area contributed by atoms with Crippen LogP contribution in [0.15, 0.2) is 0 Å². The lowest BCUT2D eigenvalue weighted by atomic mass is 9.89. The van der Waals surface area contributed by atoms with E-state index in [0.29, 0.717) is 6.10 Å². The SMILES string of the molecule is COC1CC(NCCCSC)C1. The van der Waals surface area contributed by atoms with Gasteiger partial charge in [0, 0.05) is 13.2 Å². The smallest absolute Gasteiger partial charge is 0.0601 e. The van der Waals surface area contributed by atoms with Crippen LogP contribution in [0.2, 0.25) is 0 Å². The third-order valence-corrected chi connectivity index (χ3v) is 3.08. The normalized spacial score (nSPS) is 28.5. The van der Waals surface area contributed by atoms with Gasteiger partial charge in [0.15, 0.2) is 0 Å². The highest BCUT2D eigenvalue weighted by Gasteiger charge is 2.27. The minimum atomic E-state index is 0.531. The van der Waals surface area contributed by atoms with Crippen molar-refractivity contribution in [3.63, 3.8) is 0 Å². The Morgan fingerprint density at radius 1 is 1.50 bits per heavy atom. The van der Waals surface area contributed by atoms with E-state index in [0.717, 1.165) is 6.04 Å². The van der Waals surface area contributed by atoms with Gasteiger partial charge in [0.25, 0.3) is 0 Å². The summed E-state index contributed by atoms with van der Waals surface area (Å²) in [5, 5.41) is 3.52. The van der Waals surface area contributed by atoms with Crippen molar-refractivity contribution in [2.75, 3.05) is 25.7 Å². The number of methoxy groups -OCH3 is 1. The molecule has 0 heterocycles. The molecule has 3 heteroatoms. The van der Waals surface area contributed by atoms with Crippen molar-refractivity contribution in [2.45, 2.75) is 31.4 Å². The lowest BCUT2D eigenvalue weighted by Crippen LogP contribution is -2.45. The van der Waals surface area contributed by atoms with Crippen molar-refractivity contribution in [1.82, 2.24) is 5.32 Å². The van der Waals surface area contributed by atoms with Gasteiger partial charge in [-0.1, -0.05) is 0 Å². The third-order valence-electron chi connectivity index (χ3n) is 2.39. The van der Waals surface area contributed by atoms with Crippen LogP contribution in [0.1, 0.15) is 19.3 Å². The van der Waals surface area contributed by atoms with Crippen molar-refractivity contribution in [3.05, 3.63) is 0 Å². The molecule has 0 aliphatic heterocycles. The molecule has 0 saturated heterocycles. The van der Waals surface area contributed by atoms with E-state index < -0.39 is 0 Å². The van der Waals surface area contributed by atoms with E-state index in [1.54, 1.807) is 7.11 Å². The third kappa shape index (κ3) is 3.33. The van der Waals surface area contributed by atoms with Crippen molar-refractivity contribution in [1.29, 1.82) is 0 Å². The summed E-state index contributed by atoms with van der Waals surface area (Å²) in [7, 11) is 1.80. The van der Waals surface area contributed by atoms with Gasteiger partial charge in [-0.2, -0.15) is 11.8 Å². The molecule has 0 unspecified atom stereocenters. The standard InChI is InChI=1S/C9H19NOS/c1-11-9-6-8(7-9)10-4-3-5-12-2/h8-10H,3-7H2,1-2H3. The Bertz CT molecular complexity index is 115. The van der Waals surface area contributed by atoms with Crippen LogP contribution in [0, 0.1) is 0 Å². The van der Waals surface area contributed by atoms with Gasteiger partial charge in [-0.3, -0.25) is 0 Å². The van der Waals surface area contributed by atoms with Crippen LogP contribution >= 0.6 is 11.8 Å². The molecule has 0 aromatic carbocycles. The predicted octanol–water partition coefficient (Wildman–Crippen LogP) is 1.51. The van der Waals surface area contributed by atoms with E-state index in [2.05, 4.69) is 11.6 Å². The van der Waals surface area contributed by atoms with Gasteiger partial charge in [-0.05, 0) is 37.8 Å². The van der Waals surface area contributed by atoms with E-state index in [-0.39, 0.29) is 0 Å². The molecule has 72 valence electrons. The zero-order chi connectivity index (χ0) is 8.81. The van der Waals surface area contributed by atoms with Crippen molar-refractivity contribution in [2.24, 2.45) is 0 Å². The Labute approximate surface area is 79.4 Å². The van der Waals surface area contributed by atoms with Crippen LogP contribution in [-0.4, -0.2) is 37.8 Å². The number of nitrogens with one attached hydrogen (secondary N) is 1. The maximum atomic E-state index is 5.20. The molecule has 1 aliphatic carbocycles. The average Bonchev–Trinajstić information content (AvgIpc) is 2.01. The fourth-order valence-electron chi connectivity index (χ4n) is 1.45. The van der Waals surface area contributed by atoms with Gasteiger partial charge in [0.1, 0.15) is 0 Å². The first kappa shape index (κ1) is 10.4.